The van der Waals surface area contributed by atoms with E-state index in [0.717, 1.165) is 38.2 Å². The fraction of sp³-hybridized carbons (Fsp3) is 0.0323. The highest BCUT2D eigenvalue weighted by atomic mass is 79.9. The topological polar surface area (TPSA) is 55.6 Å². The Kier molecular flexibility index (Phi) is 8.02. The molecule has 5 rings (SSSR count). The Bertz CT molecular complexity index is 1550. The van der Waals surface area contributed by atoms with Crippen LogP contribution in [0.4, 0.5) is 0 Å². The number of benzene rings is 4. The van der Waals surface area contributed by atoms with E-state index in [4.69, 9.17) is 16.3 Å². The first kappa shape index (κ1) is 25.5. The quantitative estimate of drug-likeness (QED) is 0.150. The Labute approximate surface area is 234 Å². The third-order valence-electron chi connectivity index (χ3n) is 5.81. The second-order valence-corrected chi connectivity index (χ2v) is 9.77. The number of hydrazone groups is 1. The SMILES string of the molecule is O=C(COc1ccc(Br)cc1)N/N=C\c1cc(-c2ccccc2)n(-c2ccc(Cl)cc2)c1-c1ccccc1. The van der Waals surface area contributed by atoms with Crippen molar-refractivity contribution in [1.29, 1.82) is 0 Å². The summed E-state index contributed by atoms with van der Waals surface area (Å²) in [6, 6.07) is 37.3. The zero-order chi connectivity index (χ0) is 26.3. The highest BCUT2D eigenvalue weighted by molar-refractivity contribution is 9.10. The van der Waals surface area contributed by atoms with Crippen LogP contribution in [0.3, 0.4) is 0 Å². The van der Waals surface area contributed by atoms with Crippen LogP contribution in [0.25, 0.3) is 28.2 Å². The summed E-state index contributed by atoms with van der Waals surface area (Å²) in [5.41, 5.74) is 8.36. The maximum Gasteiger partial charge on any atom is 0.277 e. The van der Waals surface area contributed by atoms with Gasteiger partial charge in [0.2, 0.25) is 0 Å². The Morgan fingerprint density at radius 3 is 2.16 bits per heavy atom. The van der Waals surface area contributed by atoms with Crippen molar-refractivity contribution >= 4 is 39.7 Å². The van der Waals surface area contributed by atoms with E-state index in [1.807, 2.05) is 72.8 Å². The first-order valence-electron chi connectivity index (χ1n) is 11.9. The molecule has 1 amide bonds. The standard InChI is InChI=1S/C31H23BrClN3O2/c32-25-11-17-28(18-12-25)38-21-30(37)35-34-20-24-19-29(22-7-3-1-4-8-22)36(27-15-13-26(33)14-16-27)31(24)23-9-5-2-6-10-23/h1-20H,21H2,(H,35,37)/b34-20-. The van der Waals surface area contributed by atoms with Crippen molar-refractivity contribution in [2.24, 2.45) is 5.10 Å². The lowest BCUT2D eigenvalue weighted by Crippen LogP contribution is -2.24. The first-order valence-corrected chi connectivity index (χ1v) is 13.1. The molecule has 5 aromatic rings. The maximum atomic E-state index is 12.4. The Hall–Kier alpha value is -4.13. The molecule has 0 saturated carbocycles. The summed E-state index contributed by atoms with van der Waals surface area (Å²) in [4.78, 5) is 12.4. The summed E-state index contributed by atoms with van der Waals surface area (Å²) in [6.07, 6.45) is 1.67. The van der Waals surface area contributed by atoms with Gasteiger partial charge in [0.1, 0.15) is 5.75 Å². The Morgan fingerprint density at radius 2 is 1.50 bits per heavy atom. The van der Waals surface area contributed by atoms with E-state index in [1.165, 1.54) is 0 Å². The summed E-state index contributed by atoms with van der Waals surface area (Å²) in [5.74, 6) is 0.247. The van der Waals surface area contributed by atoms with E-state index in [0.29, 0.717) is 10.8 Å². The zero-order valence-corrected chi connectivity index (χ0v) is 22.6. The van der Waals surface area contributed by atoms with E-state index in [-0.39, 0.29) is 12.5 Å². The third kappa shape index (κ3) is 6.05. The van der Waals surface area contributed by atoms with Crippen LogP contribution in [0.1, 0.15) is 5.56 Å². The number of nitrogens with zero attached hydrogens (tertiary/aromatic N) is 2. The molecule has 38 heavy (non-hydrogen) atoms. The molecule has 0 bridgehead atoms. The van der Waals surface area contributed by atoms with E-state index in [1.54, 1.807) is 18.3 Å². The summed E-state index contributed by atoms with van der Waals surface area (Å²) in [7, 11) is 0. The van der Waals surface area contributed by atoms with E-state index >= 15 is 0 Å². The number of carbonyl (C=O) groups is 1. The number of rotatable bonds is 8. The van der Waals surface area contributed by atoms with Gasteiger partial charge >= 0.3 is 0 Å². The highest BCUT2D eigenvalue weighted by Gasteiger charge is 2.18. The number of ether oxygens (including phenoxy) is 1. The minimum atomic E-state index is -0.356. The molecular formula is C31H23BrClN3O2. The fourth-order valence-corrected chi connectivity index (χ4v) is 4.48. The molecule has 0 aliphatic rings. The molecule has 0 aliphatic heterocycles. The summed E-state index contributed by atoms with van der Waals surface area (Å²) in [6.45, 7) is -0.147. The van der Waals surface area contributed by atoms with Gasteiger partial charge in [-0.25, -0.2) is 5.43 Å². The van der Waals surface area contributed by atoms with Crippen LogP contribution >= 0.6 is 27.5 Å². The van der Waals surface area contributed by atoms with Gasteiger partial charge in [0.05, 0.1) is 17.6 Å². The Morgan fingerprint density at radius 1 is 0.868 bits per heavy atom. The number of aromatic nitrogens is 1. The van der Waals surface area contributed by atoms with Crippen LogP contribution in [0.2, 0.25) is 5.02 Å². The summed E-state index contributed by atoms with van der Waals surface area (Å²) in [5, 5.41) is 4.93. The maximum absolute atomic E-state index is 12.4. The minimum Gasteiger partial charge on any atom is -0.484 e. The Balaban J connectivity index is 1.49. The van der Waals surface area contributed by atoms with Gasteiger partial charge in [0, 0.05) is 20.7 Å². The number of hydrogen-bond acceptors (Lipinski definition) is 3. The lowest BCUT2D eigenvalue weighted by atomic mass is 10.1. The van der Waals surface area contributed by atoms with Crippen molar-refractivity contribution in [3.8, 4) is 34.0 Å². The van der Waals surface area contributed by atoms with E-state index in [2.05, 4.69) is 61.4 Å². The van der Waals surface area contributed by atoms with Gasteiger partial charge in [-0.1, -0.05) is 88.2 Å². The lowest BCUT2D eigenvalue weighted by Gasteiger charge is -2.15. The van der Waals surface area contributed by atoms with Gasteiger partial charge in [0.25, 0.3) is 5.91 Å². The van der Waals surface area contributed by atoms with Crippen molar-refractivity contribution in [2.45, 2.75) is 0 Å². The molecule has 0 aliphatic carbocycles. The second-order valence-electron chi connectivity index (χ2n) is 8.41. The average Bonchev–Trinajstić information content (AvgIpc) is 3.33. The van der Waals surface area contributed by atoms with Crippen molar-refractivity contribution in [2.75, 3.05) is 6.61 Å². The molecule has 0 unspecified atom stereocenters. The number of hydrogen-bond donors (Lipinski definition) is 1. The van der Waals surface area contributed by atoms with E-state index < -0.39 is 0 Å². The van der Waals surface area contributed by atoms with Gasteiger partial charge in [-0.15, -0.1) is 0 Å². The van der Waals surface area contributed by atoms with Gasteiger partial charge < -0.3 is 9.30 Å². The second kappa shape index (κ2) is 11.9. The van der Waals surface area contributed by atoms with Crippen LogP contribution in [-0.4, -0.2) is 23.3 Å². The summed E-state index contributed by atoms with van der Waals surface area (Å²) >= 11 is 9.59. The number of carbonyl (C=O) groups excluding carboxylic acids is 1. The molecule has 4 aromatic carbocycles. The van der Waals surface area contributed by atoms with Gasteiger partial charge in [0.15, 0.2) is 6.61 Å². The van der Waals surface area contributed by atoms with Crippen molar-refractivity contribution in [1.82, 2.24) is 9.99 Å². The molecule has 7 heteroatoms. The first-order chi connectivity index (χ1) is 18.6. The molecule has 188 valence electrons. The van der Waals surface area contributed by atoms with Crippen molar-refractivity contribution < 1.29 is 9.53 Å². The lowest BCUT2D eigenvalue weighted by molar-refractivity contribution is -0.123. The van der Waals surface area contributed by atoms with Crippen LogP contribution in [0.15, 0.2) is 125 Å². The van der Waals surface area contributed by atoms with Crippen LogP contribution < -0.4 is 10.2 Å². The fourth-order valence-electron chi connectivity index (χ4n) is 4.09. The summed E-state index contributed by atoms with van der Waals surface area (Å²) < 4.78 is 8.67. The number of nitrogens with one attached hydrogen (secondary N) is 1. The van der Waals surface area contributed by atoms with Crippen molar-refractivity contribution in [3.05, 3.63) is 130 Å². The van der Waals surface area contributed by atoms with E-state index in [9.17, 15) is 4.79 Å². The van der Waals surface area contributed by atoms with Crippen LogP contribution in [0.5, 0.6) is 5.75 Å². The average molecular weight is 585 g/mol. The number of halogens is 2. The molecule has 1 N–H and O–H groups in total. The minimum absolute atomic E-state index is 0.147. The molecule has 0 radical (unpaired) electrons. The largest absolute Gasteiger partial charge is 0.484 e. The van der Waals surface area contributed by atoms with Crippen LogP contribution in [0, 0.1) is 0 Å². The molecule has 0 fully saturated rings. The molecule has 0 spiro atoms. The molecular weight excluding hydrogens is 562 g/mol. The number of amides is 1. The van der Waals surface area contributed by atoms with Gasteiger partial charge in [-0.2, -0.15) is 5.10 Å². The van der Waals surface area contributed by atoms with Gasteiger partial charge in [-0.3, -0.25) is 4.79 Å². The monoisotopic (exact) mass is 583 g/mol. The smallest absolute Gasteiger partial charge is 0.277 e. The van der Waals surface area contributed by atoms with Crippen molar-refractivity contribution in [3.63, 3.8) is 0 Å². The third-order valence-corrected chi connectivity index (χ3v) is 6.59. The normalized spacial score (nSPS) is 11.0. The molecule has 0 atom stereocenters. The highest BCUT2D eigenvalue weighted by Crippen LogP contribution is 2.35. The predicted molar refractivity (Wildman–Crippen MR) is 157 cm³/mol. The molecule has 5 nitrogen and oxygen atoms in total. The van der Waals surface area contributed by atoms with Gasteiger partial charge in [-0.05, 0) is 65.7 Å². The zero-order valence-electron chi connectivity index (χ0n) is 20.2. The molecule has 0 saturated heterocycles. The molecule has 1 aromatic heterocycles. The molecule has 1 heterocycles. The predicted octanol–water partition coefficient (Wildman–Crippen LogP) is 7.76. The van der Waals surface area contributed by atoms with Crippen LogP contribution in [-0.2, 0) is 4.79 Å².